The van der Waals surface area contributed by atoms with Crippen molar-refractivity contribution >= 4 is 36.4 Å². The van der Waals surface area contributed by atoms with E-state index in [0.29, 0.717) is 17.8 Å². The summed E-state index contributed by atoms with van der Waals surface area (Å²) in [5, 5.41) is 0.887. The Morgan fingerprint density at radius 2 is 1.52 bits per heavy atom. The molecule has 0 heterocycles. The molecule has 0 bridgehead atoms. The second-order valence-corrected chi connectivity index (χ2v) is 4.59. The Morgan fingerprint density at radius 1 is 0.920 bits per heavy atom. The average Bonchev–Trinajstić information content (AvgIpc) is 2.57. The average molecular weight is 360 g/mol. The van der Waals surface area contributed by atoms with Crippen LogP contribution in [0.4, 0.5) is 0 Å². The van der Waals surface area contributed by atoms with Crippen LogP contribution in [0.25, 0.3) is 0 Å². The number of imide groups is 1. The number of rotatable bonds is 10. The van der Waals surface area contributed by atoms with Crippen LogP contribution in [0.2, 0.25) is 0 Å². The van der Waals surface area contributed by atoms with Crippen molar-refractivity contribution in [2.24, 2.45) is 0 Å². The summed E-state index contributed by atoms with van der Waals surface area (Å²) in [7, 11) is 1.18. The molecular formula is C14H20N2O9. The number of amides is 3. The molecule has 0 aliphatic carbocycles. The Labute approximate surface area is 143 Å². The van der Waals surface area contributed by atoms with Gasteiger partial charge < -0.3 is 19.2 Å². The molecule has 140 valence electrons. The lowest BCUT2D eigenvalue weighted by molar-refractivity contribution is -0.203. The van der Waals surface area contributed by atoms with Gasteiger partial charge in [-0.3, -0.25) is 14.4 Å². The monoisotopic (exact) mass is 360 g/mol. The summed E-state index contributed by atoms with van der Waals surface area (Å²) < 4.78 is 4.71. The second kappa shape index (κ2) is 12.6. The van der Waals surface area contributed by atoms with Crippen LogP contribution in [0.15, 0.2) is 0 Å². The minimum Gasteiger partial charge on any atom is -0.358 e. The van der Waals surface area contributed by atoms with Crippen molar-refractivity contribution in [1.82, 2.24) is 10.1 Å². The number of hydrogen-bond donors (Lipinski definition) is 0. The Bertz CT molecular complexity index is 507. The molecule has 11 nitrogen and oxygen atoms in total. The molecule has 0 saturated heterocycles. The molecule has 0 unspecified atom stereocenters. The molecule has 0 radical (unpaired) electrons. The van der Waals surface area contributed by atoms with Crippen molar-refractivity contribution in [3.63, 3.8) is 0 Å². The van der Waals surface area contributed by atoms with E-state index in [9.17, 15) is 28.8 Å². The highest BCUT2D eigenvalue weighted by Crippen LogP contribution is 1.98. The lowest BCUT2D eigenvalue weighted by atomic mass is 10.3. The molecular weight excluding hydrogens is 340 g/mol. The zero-order chi connectivity index (χ0) is 19.2. The van der Waals surface area contributed by atoms with Crippen LogP contribution in [0.1, 0.15) is 32.6 Å². The lowest BCUT2D eigenvalue weighted by Crippen LogP contribution is -2.34. The van der Waals surface area contributed by atoms with Gasteiger partial charge in [0.1, 0.15) is 19.5 Å². The van der Waals surface area contributed by atoms with E-state index in [1.165, 1.54) is 7.05 Å². The van der Waals surface area contributed by atoms with Crippen LogP contribution in [0, 0.1) is 0 Å². The summed E-state index contributed by atoms with van der Waals surface area (Å²) in [5.41, 5.74) is 0. The zero-order valence-corrected chi connectivity index (χ0v) is 14.0. The van der Waals surface area contributed by atoms with Gasteiger partial charge in [0.25, 0.3) is 18.2 Å². The maximum atomic E-state index is 11.4. The first kappa shape index (κ1) is 22.2. The number of carbonyl (C=O) groups is 6. The predicted molar refractivity (Wildman–Crippen MR) is 78.9 cm³/mol. The number of hydrogen-bond acceptors (Lipinski definition) is 9. The standard InChI is InChI=1S/C14H20N2O9/c1-3-5-12(20)16(10-18)25-14(22)9-23-8-13(21)24-15(2)11(19)6-4-7-17/h7,10H,3-6,8-9H2,1-2H3. The van der Waals surface area contributed by atoms with Gasteiger partial charge in [-0.25, -0.2) is 9.59 Å². The van der Waals surface area contributed by atoms with E-state index < -0.39 is 37.0 Å². The molecule has 0 spiro atoms. The van der Waals surface area contributed by atoms with Gasteiger partial charge in [-0.2, -0.15) is 5.06 Å². The van der Waals surface area contributed by atoms with Crippen molar-refractivity contribution in [2.45, 2.75) is 32.6 Å². The third-order valence-electron chi connectivity index (χ3n) is 2.51. The molecule has 3 amide bonds. The molecule has 0 atom stereocenters. The predicted octanol–water partition coefficient (Wildman–Crippen LogP) is -0.858. The topological polar surface area (TPSA) is 137 Å². The number of nitrogens with zero attached hydrogens (tertiary/aromatic N) is 2. The summed E-state index contributed by atoms with van der Waals surface area (Å²) in [5.74, 6) is -3.32. The van der Waals surface area contributed by atoms with E-state index in [2.05, 4.69) is 9.68 Å². The van der Waals surface area contributed by atoms with Crippen LogP contribution < -0.4 is 0 Å². The Balaban J connectivity index is 4.12. The Hall–Kier alpha value is -2.82. The fourth-order valence-corrected chi connectivity index (χ4v) is 1.38. The molecule has 0 saturated carbocycles. The van der Waals surface area contributed by atoms with Gasteiger partial charge in [-0.1, -0.05) is 6.92 Å². The molecule has 0 aromatic heterocycles. The van der Waals surface area contributed by atoms with E-state index >= 15 is 0 Å². The molecule has 0 aliphatic heterocycles. The molecule has 0 N–H and O–H groups in total. The third-order valence-corrected chi connectivity index (χ3v) is 2.51. The van der Waals surface area contributed by atoms with E-state index in [1.807, 2.05) is 0 Å². The number of ether oxygens (including phenoxy) is 1. The molecule has 0 aromatic carbocycles. The van der Waals surface area contributed by atoms with Gasteiger partial charge in [0.15, 0.2) is 0 Å². The molecule has 11 heteroatoms. The minimum atomic E-state index is -1.07. The largest absolute Gasteiger partial charge is 0.358 e. The number of carbonyl (C=O) groups excluding carboxylic acids is 6. The highest BCUT2D eigenvalue weighted by molar-refractivity contribution is 5.86. The zero-order valence-electron chi connectivity index (χ0n) is 14.0. The van der Waals surface area contributed by atoms with E-state index in [-0.39, 0.29) is 30.7 Å². The quantitative estimate of drug-likeness (QED) is 0.360. The van der Waals surface area contributed by atoms with Gasteiger partial charge >= 0.3 is 11.9 Å². The summed E-state index contributed by atoms with van der Waals surface area (Å²) in [6.45, 7) is 0.310. The van der Waals surface area contributed by atoms with Crippen LogP contribution in [-0.4, -0.2) is 66.8 Å². The van der Waals surface area contributed by atoms with Crippen LogP contribution >= 0.6 is 0 Å². The van der Waals surface area contributed by atoms with Crippen LogP contribution in [0.5, 0.6) is 0 Å². The maximum Gasteiger partial charge on any atom is 0.358 e. The smallest absolute Gasteiger partial charge is 0.358 e. The lowest BCUT2D eigenvalue weighted by Gasteiger charge is -2.16. The van der Waals surface area contributed by atoms with Gasteiger partial charge in [-0.15, -0.1) is 5.06 Å². The fourth-order valence-electron chi connectivity index (χ4n) is 1.38. The summed E-state index contributed by atoms with van der Waals surface area (Å²) in [6.07, 6.45) is 0.951. The van der Waals surface area contributed by atoms with Crippen LogP contribution in [-0.2, 0) is 43.2 Å². The normalized spacial score (nSPS) is 9.68. The second-order valence-electron chi connectivity index (χ2n) is 4.59. The first-order chi connectivity index (χ1) is 11.8. The SMILES string of the molecule is CCCC(=O)N(C=O)OC(=O)COCC(=O)ON(C)C(=O)CCC=O. The third kappa shape index (κ3) is 9.81. The van der Waals surface area contributed by atoms with E-state index in [1.54, 1.807) is 6.92 Å². The fraction of sp³-hybridized carbons (Fsp3) is 0.571. The molecule has 0 fully saturated rings. The van der Waals surface area contributed by atoms with E-state index in [0.717, 1.165) is 0 Å². The van der Waals surface area contributed by atoms with Gasteiger partial charge in [0, 0.05) is 26.3 Å². The summed E-state index contributed by atoms with van der Waals surface area (Å²) >= 11 is 0. The van der Waals surface area contributed by atoms with Gasteiger partial charge in [0.05, 0.1) is 0 Å². The molecule has 25 heavy (non-hydrogen) atoms. The van der Waals surface area contributed by atoms with Crippen molar-refractivity contribution in [3.05, 3.63) is 0 Å². The Morgan fingerprint density at radius 3 is 2.04 bits per heavy atom. The van der Waals surface area contributed by atoms with Crippen molar-refractivity contribution < 1.29 is 43.2 Å². The number of aldehydes is 1. The van der Waals surface area contributed by atoms with Gasteiger partial charge in [-0.05, 0) is 6.42 Å². The highest BCUT2D eigenvalue weighted by atomic mass is 16.7. The Kier molecular flexibility index (Phi) is 11.2. The molecule has 0 aromatic rings. The van der Waals surface area contributed by atoms with E-state index in [4.69, 9.17) is 4.74 Å². The summed E-state index contributed by atoms with van der Waals surface area (Å²) in [4.78, 5) is 75.4. The summed E-state index contributed by atoms with van der Waals surface area (Å²) in [6, 6.07) is 0. The molecule has 0 aliphatic rings. The highest BCUT2D eigenvalue weighted by Gasteiger charge is 2.19. The van der Waals surface area contributed by atoms with Crippen molar-refractivity contribution in [1.29, 1.82) is 0 Å². The molecule has 0 rings (SSSR count). The van der Waals surface area contributed by atoms with Crippen LogP contribution in [0.3, 0.4) is 0 Å². The maximum absolute atomic E-state index is 11.4. The minimum absolute atomic E-state index is 0.00690. The van der Waals surface area contributed by atoms with Crippen molar-refractivity contribution in [3.8, 4) is 0 Å². The first-order valence-electron chi connectivity index (χ1n) is 7.32. The van der Waals surface area contributed by atoms with Gasteiger partial charge in [0.2, 0.25) is 0 Å². The number of hydroxylamine groups is 4. The van der Waals surface area contributed by atoms with Crippen molar-refractivity contribution in [2.75, 3.05) is 20.3 Å². The first-order valence-corrected chi connectivity index (χ1v) is 7.32.